The van der Waals surface area contributed by atoms with Crippen LogP contribution in [-0.4, -0.2) is 13.1 Å². The zero-order valence-corrected chi connectivity index (χ0v) is 26.7. The van der Waals surface area contributed by atoms with Gasteiger partial charge >= 0.3 is 0 Å². The predicted octanol–water partition coefficient (Wildman–Crippen LogP) is 13.0. The van der Waals surface area contributed by atoms with Gasteiger partial charge in [0.05, 0.1) is 0 Å². The van der Waals surface area contributed by atoms with Gasteiger partial charge in [0, 0.05) is 0 Å². The van der Waals surface area contributed by atoms with Crippen LogP contribution < -0.4 is 5.32 Å². The Kier molecular flexibility index (Phi) is 35.9. The van der Waals surface area contributed by atoms with Gasteiger partial charge in [0.2, 0.25) is 0 Å². The molecule has 38 heavy (non-hydrogen) atoms. The van der Waals surface area contributed by atoms with Gasteiger partial charge in [-0.05, 0) is 77.3 Å². The van der Waals surface area contributed by atoms with Gasteiger partial charge in [0.25, 0.3) is 0 Å². The molecule has 0 aliphatic heterocycles. The van der Waals surface area contributed by atoms with Crippen LogP contribution >= 0.6 is 0 Å². The summed E-state index contributed by atoms with van der Waals surface area (Å²) >= 11 is 0. The topological polar surface area (TPSA) is 12.0 Å². The number of allylic oxidation sites excluding steroid dienone is 4. The van der Waals surface area contributed by atoms with E-state index in [0.29, 0.717) is 0 Å². The molecular formula is C37H73N. The SMILES string of the molecule is CCCCCCCC/C=C\CCCCCCCCNCCCCCCCC/C=C\CCCCCCCCC. The van der Waals surface area contributed by atoms with E-state index in [2.05, 4.69) is 43.5 Å². The monoisotopic (exact) mass is 532 g/mol. The first kappa shape index (κ1) is 37.4. The molecule has 0 aliphatic carbocycles. The lowest BCUT2D eigenvalue weighted by atomic mass is 10.1. The summed E-state index contributed by atoms with van der Waals surface area (Å²) in [5, 5.41) is 3.67. The van der Waals surface area contributed by atoms with E-state index in [0.717, 1.165) is 0 Å². The van der Waals surface area contributed by atoms with Gasteiger partial charge in [0.1, 0.15) is 0 Å². The second-order valence-electron chi connectivity index (χ2n) is 12.0. The molecule has 0 saturated carbocycles. The standard InChI is InChI=1S/C37H73N/c1-3-5-7-9-11-13-15-17-19-21-23-25-27-29-31-33-35-37-38-36-34-32-30-28-26-24-22-20-18-16-14-12-10-8-6-4-2/h18-21,38H,3-17,22-37H2,1-2H3/b20-18-,21-19-. The normalized spacial score (nSPS) is 11.9. The molecule has 0 fully saturated rings. The van der Waals surface area contributed by atoms with Crippen molar-refractivity contribution in [1.82, 2.24) is 5.32 Å². The van der Waals surface area contributed by atoms with Crippen molar-refractivity contribution in [2.45, 2.75) is 200 Å². The molecule has 0 atom stereocenters. The van der Waals surface area contributed by atoms with Crippen LogP contribution in [0.2, 0.25) is 0 Å². The van der Waals surface area contributed by atoms with Crippen LogP contribution in [0.25, 0.3) is 0 Å². The van der Waals surface area contributed by atoms with Gasteiger partial charge in [-0.25, -0.2) is 0 Å². The average Bonchev–Trinajstić information content (AvgIpc) is 2.93. The third-order valence-electron chi connectivity index (χ3n) is 7.98. The predicted molar refractivity (Wildman–Crippen MR) is 176 cm³/mol. The average molecular weight is 532 g/mol. The van der Waals surface area contributed by atoms with Gasteiger partial charge in [-0.15, -0.1) is 0 Å². The molecule has 0 rings (SSSR count). The minimum absolute atomic E-state index is 1.23. The molecule has 0 saturated heterocycles. The number of rotatable bonds is 33. The number of unbranched alkanes of at least 4 members (excludes halogenated alkanes) is 25. The summed E-state index contributed by atoms with van der Waals surface area (Å²) in [7, 11) is 0. The van der Waals surface area contributed by atoms with Crippen LogP contribution in [0.5, 0.6) is 0 Å². The Labute approximate surface area is 242 Å². The van der Waals surface area contributed by atoms with Crippen molar-refractivity contribution in [3.8, 4) is 0 Å². The molecular weight excluding hydrogens is 458 g/mol. The van der Waals surface area contributed by atoms with Crippen LogP contribution in [0.1, 0.15) is 200 Å². The Morgan fingerprint density at radius 2 is 0.526 bits per heavy atom. The number of hydrogen-bond donors (Lipinski definition) is 1. The fourth-order valence-corrected chi connectivity index (χ4v) is 5.30. The van der Waals surface area contributed by atoms with Crippen molar-refractivity contribution in [3.63, 3.8) is 0 Å². The first-order valence-electron chi connectivity index (χ1n) is 17.9. The second kappa shape index (κ2) is 36.4. The zero-order valence-electron chi connectivity index (χ0n) is 26.7. The van der Waals surface area contributed by atoms with Crippen LogP contribution in [0.3, 0.4) is 0 Å². The van der Waals surface area contributed by atoms with E-state index >= 15 is 0 Å². The molecule has 0 bridgehead atoms. The Morgan fingerprint density at radius 3 is 0.816 bits per heavy atom. The zero-order chi connectivity index (χ0) is 27.5. The van der Waals surface area contributed by atoms with E-state index in [1.165, 1.54) is 199 Å². The first-order chi connectivity index (χ1) is 18.9. The van der Waals surface area contributed by atoms with E-state index in [1.54, 1.807) is 0 Å². The summed E-state index contributed by atoms with van der Waals surface area (Å²) in [4.78, 5) is 0. The summed E-state index contributed by atoms with van der Waals surface area (Å²) in [5.74, 6) is 0. The molecule has 1 heteroatoms. The molecule has 0 amide bonds. The Hall–Kier alpha value is -0.560. The maximum absolute atomic E-state index is 3.67. The minimum atomic E-state index is 1.23. The lowest BCUT2D eigenvalue weighted by molar-refractivity contribution is 0.539. The molecule has 1 N–H and O–H groups in total. The molecule has 226 valence electrons. The van der Waals surface area contributed by atoms with E-state index in [9.17, 15) is 0 Å². The lowest BCUT2D eigenvalue weighted by Crippen LogP contribution is -2.16. The summed E-state index contributed by atoms with van der Waals surface area (Å²) in [6.07, 6.45) is 50.3. The van der Waals surface area contributed by atoms with Crippen LogP contribution in [0, 0.1) is 0 Å². The summed E-state index contributed by atoms with van der Waals surface area (Å²) in [6.45, 7) is 7.05. The van der Waals surface area contributed by atoms with Crippen LogP contribution in [-0.2, 0) is 0 Å². The second-order valence-corrected chi connectivity index (χ2v) is 12.0. The molecule has 0 spiro atoms. The fraction of sp³-hybridized carbons (Fsp3) is 0.892. The fourth-order valence-electron chi connectivity index (χ4n) is 5.30. The van der Waals surface area contributed by atoms with Crippen molar-refractivity contribution >= 4 is 0 Å². The number of nitrogens with one attached hydrogen (secondary N) is 1. The molecule has 0 heterocycles. The van der Waals surface area contributed by atoms with Gasteiger partial charge in [-0.1, -0.05) is 160 Å². The minimum Gasteiger partial charge on any atom is -0.317 e. The van der Waals surface area contributed by atoms with E-state index in [1.807, 2.05) is 0 Å². The maximum atomic E-state index is 3.67. The van der Waals surface area contributed by atoms with E-state index < -0.39 is 0 Å². The molecule has 0 aromatic carbocycles. The van der Waals surface area contributed by atoms with Gasteiger partial charge in [-0.2, -0.15) is 0 Å². The number of hydrogen-bond acceptors (Lipinski definition) is 1. The largest absolute Gasteiger partial charge is 0.317 e. The molecule has 0 unspecified atom stereocenters. The highest BCUT2D eigenvalue weighted by Crippen LogP contribution is 2.12. The van der Waals surface area contributed by atoms with Crippen molar-refractivity contribution in [3.05, 3.63) is 24.3 Å². The quantitative estimate of drug-likeness (QED) is 0.0655. The maximum Gasteiger partial charge on any atom is -0.00489 e. The van der Waals surface area contributed by atoms with Crippen molar-refractivity contribution in [1.29, 1.82) is 0 Å². The Balaban J connectivity index is 3.10. The molecule has 0 aromatic rings. The lowest BCUT2D eigenvalue weighted by Gasteiger charge is -2.05. The van der Waals surface area contributed by atoms with E-state index in [4.69, 9.17) is 0 Å². The van der Waals surface area contributed by atoms with Gasteiger partial charge < -0.3 is 5.32 Å². The van der Waals surface area contributed by atoms with Gasteiger partial charge in [0.15, 0.2) is 0 Å². The molecule has 0 aromatic heterocycles. The van der Waals surface area contributed by atoms with Gasteiger partial charge in [-0.3, -0.25) is 0 Å². The van der Waals surface area contributed by atoms with Crippen molar-refractivity contribution in [2.24, 2.45) is 0 Å². The molecule has 0 aliphatic rings. The van der Waals surface area contributed by atoms with Crippen molar-refractivity contribution < 1.29 is 0 Å². The van der Waals surface area contributed by atoms with Crippen LogP contribution in [0.15, 0.2) is 24.3 Å². The molecule has 0 radical (unpaired) electrons. The smallest absolute Gasteiger partial charge is 0.00489 e. The Bertz CT molecular complexity index is 452. The highest BCUT2D eigenvalue weighted by atomic mass is 14.8. The summed E-state index contributed by atoms with van der Waals surface area (Å²) in [6, 6.07) is 0. The molecule has 1 nitrogen and oxygen atoms in total. The highest BCUT2D eigenvalue weighted by Gasteiger charge is 1.94. The third kappa shape index (κ3) is 35.4. The van der Waals surface area contributed by atoms with Crippen LogP contribution in [0.4, 0.5) is 0 Å². The van der Waals surface area contributed by atoms with Crippen molar-refractivity contribution in [2.75, 3.05) is 13.1 Å². The third-order valence-corrected chi connectivity index (χ3v) is 7.98. The Morgan fingerprint density at radius 1 is 0.289 bits per heavy atom. The highest BCUT2D eigenvalue weighted by molar-refractivity contribution is 4.82. The summed E-state index contributed by atoms with van der Waals surface area (Å²) in [5.41, 5.74) is 0. The van der Waals surface area contributed by atoms with E-state index in [-0.39, 0.29) is 0 Å². The first-order valence-corrected chi connectivity index (χ1v) is 17.9. The summed E-state index contributed by atoms with van der Waals surface area (Å²) < 4.78 is 0.